The van der Waals surface area contributed by atoms with Crippen molar-refractivity contribution in [3.63, 3.8) is 0 Å². The van der Waals surface area contributed by atoms with Crippen LogP contribution in [0.3, 0.4) is 0 Å². The lowest BCUT2D eigenvalue weighted by atomic mass is 10.1. The predicted molar refractivity (Wildman–Crippen MR) is 71.0 cm³/mol. The summed E-state index contributed by atoms with van der Waals surface area (Å²) < 4.78 is 0. The van der Waals surface area contributed by atoms with Gasteiger partial charge in [0.05, 0.1) is 0 Å². The number of hydrogen-bond acceptors (Lipinski definition) is 2. The molecular formula is C15H23NO. The van der Waals surface area contributed by atoms with Gasteiger partial charge in [-0.1, -0.05) is 30.3 Å². The van der Waals surface area contributed by atoms with E-state index in [2.05, 4.69) is 35.2 Å². The first-order valence-electron chi connectivity index (χ1n) is 6.75. The van der Waals surface area contributed by atoms with Crippen molar-refractivity contribution in [3.05, 3.63) is 35.9 Å². The Morgan fingerprint density at radius 1 is 1.18 bits per heavy atom. The first-order valence-corrected chi connectivity index (χ1v) is 6.75. The Morgan fingerprint density at radius 2 is 2.00 bits per heavy atom. The Hall–Kier alpha value is -0.860. The van der Waals surface area contributed by atoms with Gasteiger partial charge in [-0.25, -0.2) is 0 Å². The van der Waals surface area contributed by atoms with Gasteiger partial charge in [0.1, 0.15) is 0 Å². The Balaban J connectivity index is 1.58. The fourth-order valence-electron chi connectivity index (χ4n) is 2.57. The van der Waals surface area contributed by atoms with Crippen molar-refractivity contribution >= 4 is 0 Å². The minimum atomic E-state index is 0.362. The van der Waals surface area contributed by atoms with E-state index in [1.807, 2.05) is 0 Å². The Morgan fingerprint density at radius 3 is 2.71 bits per heavy atom. The number of hydrogen-bond donors (Lipinski definition) is 1. The van der Waals surface area contributed by atoms with Crippen LogP contribution in [0.2, 0.25) is 0 Å². The number of nitrogens with zero attached hydrogens (tertiary/aromatic N) is 1. The fraction of sp³-hybridized carbons (Fsp3) is 0.600. The van der Waals surface area contributed by atoms with Crippen molar-refractivity contribution in [3.8, 4) is 0 Å². The molecule has 0 aliphatic carbocycles. The maximum absolute atomic E-state index is 9.08. The lowest BCUT2D eigenvalue weighted by Crippen LogP contribution is -2.22. The number of likely N-dealkylation sites (tertiary alicyclic amines) is 1. The topological polar surface area (TPSA) is 23.5 Å². The van der Waals surface area contributed by atoms with Gasteiger partial charge in [0.15, 0.2) is 0 Å². The predicted octanol–water partition coefficient (Wildman–Crippen LogP) is 2.32. The van der Waals surface area contributed by atoms with Crippen LogP contribution in [0.4, 0.5) is 0 Å². The van der Waals surface area contributed by atoms with Crippen molar-refractivity contribution in [2.24, 2.45) is 5.92 Å². The molecule has 0 saturated carbocycles. The molecule has 0 aromatic heterocycles. The first kappa shape index (κ1) is 12.6. The average Bonchev–Trinajstić information content (AvgIpc) is 2.84. The van der Waals surface area contributed by atoms with Gasteiger partial charge >= 0.3 is 0 Å². The van der Waals surface area contributed by atoms with E-state index < -0.39 is 0 Å². The van der Waals surface area contributed by atoms with Crippen LogP contribution >= 0.6 is 0 Å². The second kappa shape index (κ2) is 6.77. The zero-order valence-corrected chi connectivity index (χ0v) is 10.5. The van der Waals surface area contributed by atoms with Crippen LogP contribution in [0, 0.1) is 5.92 Å². The fourth-order valence-corrected chi connectivity index (χ4v) is 2.57. The molecule has 0 bridgehead atoms. The van der Waals surface area contributed by atoms with E-state index in [0.29, 0.717) is 12.5 Å². The molecule has 2 nitrogen and oxygen atoms in total. The van der Waals surface area contributed by atoms with Gasteiger partial charge in [-0.2, -0.15) is 0 Å². The molecule has 1 fully saturated rings. The van der Waals surface area contributed by atoms with Gasteiger partial charge in [-0.15, -0.1) is 0 Å². The smallest absolute Gasteiger partial charge is 0.0471 e. The van der Waals surface area contributed by atoms with E-state index in [4.69, 9.17) is 5.11 Å². The third-order valence-electron chi connectivity index (χ3n) is 3.66. The molecule has 1 heterocycles. The van der Waals surface area contributed by atoms with Crippen LogP contribution in [0.25, 0.3) is 0 Å². The highest BCUT2D eigenvalue weighted by molar-refractivity contribution is 5.14. The summed E-state index contributed by atoms with van der Waals surface area (Å²) >= 11 is 0. The van der Waals surface area contributed by atoms with Gasteiger partial charge in [-0.3, -0.25) is 0 Å². The highest BCUT2D eigenvalue weighted by Gasteiger charge is 2.20. The highest BCUT2D eigenvalue weighted by atomic mass is 16.3. The van der Waals surface area contributed by atoms with Crippen molar-refractivity contribution in [2.45, 2.75) is 25.7 Å². The van der Waals surface area contributed by atoms with E-state index in [9.17, 15) is 0 Å². The number of aliphatic hydroxyl groups is 1. The Kier molecular flexibility index (Phi) is 5.02. The molecule has 17 heavy (non-hydrogen) atoms. The lowest BCUT2D eigenvalue weighted by molar-refractivity contribution is 0.221. The van der Waals surface area contributed by atoms with Crippen molar-refractivity contribution < 1.29 is 5.11 Å². The van der Waals surface area contributed by atoms with Gasteiger partial charge < -0.3 is 10.0 Å². The SMILES string of the molecule is OC[C@H]1CCN(CCCCc2ccccc2)C1. The molecule has 1 aromatic carbocycles. The van der Waals surface area contributed by atoms with Crippen molar-refractivity contribution in [2.75, 3.05) is 26.2 Å². The summed E-state index contributed by atoms with van der Waals surface area (Å²) in [6, 6.07) is 10.7. The third kappa shape index (κ3) is 4.14. The minimum absolute atomic E-state index is 0.362. The number of aliphatic hydroxyl groups excluding tert-OH is 1. The minimum Gasteiger partial charge on any atom is -0.396 e. The molecule has 1 N–H and O–H groups in total. The summed E-state index contributed by atoms with van der Waals surface area (Å²) in [6.07, 6.45) is 4.91. The molecule has 1 atom stereocenters. The van der Waals surface area contributed by atoms with Gasteiger partial charge in [0.25, 0.3) is 0 Å². The summed E-state index contributed by atoms with van der Waals surface area (Å²) in [7, 11) is 0. The molecule has 0 amide bonds. The van der Waals surface area contributed by atoms with Crippen LogP contribution in [0.15, 0.2) is 30.3 Å². The summed E-state index contributed by atoms with van der Waals surface area (Å²) in [5.74, 6) is 0.532. The van der Waals surface area contributed by atoms with Crippen LogP contribution in [-0.2, 0) is 6.42 Å². The molecule has 1 aliphatic rings. The molecule has 1 saturated heterocycles. The summed E-state index contributed by atoms with van der Waals surface area (Å²) in [5.41, 5.74) is 1.45. The number of rotatable bonds is 6. The summed E-state index contributed by atoms with van der Waals surface area (Å²) in [4.78, 5) is 2.49. The van der Waals surface area contributed by atoms with Gasteiger partial charge in [-0.05, 0) is 50.3 Å². The molecule has 94 valence electrons. The van der Waals surface area contributed by atoms with E-state index >= 15 is 0 Å². The highest BCUT2D eigenvalue weighted by Crippen LogP contribution is 2.16. The Bertz CT molecular complexity index is 312. The molecule has 1 aliphatic heterocycles. The van der Waals surface area contributed by atoms with Crippen molar-refractivity contribution in [1.82, 2.24) is 4.90 Å². The third-order valence-corrected chi connectivity index (χ3v) is 3.66. The molecule has 2 heteroatoms. The number of aryl methyl sites for hydroxylation is 1. The Labute approximate surface area is 104 Å². The molecular weight excluding hydrogens is 210 g/mol. The lowest BCUT2D eigenvalue weighted by Gasteiger charge is -2.15. The number of benzene rings is 1. The van der Waals surface area contributed by atoms with E-state index in [1.54, 1.807) is 0 Å². The normalized spacial score (nSPS) is 20.9. The second-order valence-corrected chi connectivity index (χ2v) is 5.08. The molecule has 0 radical (unpaired) electrons. The van der Waals surface area contributed by atoms with Crippen LogP contribution in [0.5, 0.6) is 0 Å². The summed E-state index contributed by atoms with van der Waals surface area (Å²) in [5, 5.41) is 9.08. The maximum atomic E-state index is 9.08. The van der Waals surface area contributed by atoms with Crippen LogP contribution in [0.1, 0.15) is 24.8 Å². The quantitative estimate of drug-likeness (QED) is 0.762. The van der Waals surface area contributed by atoms with Gasteiger partial charge in [0.2, 0.25) is 0 Å². The largest absolute Gasteiger partial charge is 0.396 e. The zero-order chi connectivity index (χ0) is 11.9. The van der Waals surface area contributed by atoms with Crippen LogP contribution in [-0.4, -0.2) is 36.2 Å². The number of unbranched alkanes of at least 4 members (excludes halogenated alkanes) is 1. The van der Waals surface area contributed by atoms with E-state index in [-0.39, 0.29) is 0 Å². The second-order valence-electron chi connectivity index (χ2n) is 5.08. The van der Waals surface area contributed by atoms with E-state index in [0.717, 1.165) is 6.54 Å². The maximum Gasteiger partial charge on any atom is 0.0471 e. The van der Waals surface area contributed by atoms with Gasteiger partial charge in [0, 0.05) is 13.2 Å². The zero-order valence-electron chi connectivity index (χ0n) is 10.5. The standard InChI is InChI=1S/C15H23NO/c17-13-15-9-11-16(12-15)10-5-4-8-14-6-2-1-3-7-14/h1-3,6-7,15,17H,4-5,8-13H2/t15-/m0/s1. The molecule has 2 rings (SSSR count). The monoisotopic (exact) mass is 233 g/mol. The molecule has 0 unspecified atom stereocenters. The van der Waals surface area contributed by atoms with E-state index in [1.165, 1.54) is 44.3 Å². The van der Waals surface area contributed by atoms with Crippen molar-refractivity contribution in [1.29, 1.82) is 0 Å². The summed E-state index contributed by atoms with van der Waals surface area (Å²) in [6.45, 7) is 3.84. The van der Waals surface area contributed by atoms with Crippen LogP contribution < -0.4 is 0 Å². The average molecular weight is 233 g/mol. The first-order chi connectivity index (χ1) is 8.38. The molecule has 0 spiro atoms. The molecule has 1 aromatic rings.